The number of likely N-dealkylation sites (tertiary alicyclic amines) is 1. The Morgan fingerprint density at radius 1 is 1.18 bits per heavy atom. The molecule has 1 aromatic carbocycles. The van der Waals surface area contributed by atoms with Crippen LogP contribution in [0.4, 0.5) is 11.8 Å². The molecule has 3 fully saturated rings. The fourth-order valence-electron chi connectivity index (χ4n) is 5.29. The molecule has 1 spiro atoms. The molecule has 2 aromatic rings. The highest BCUT2D eigenvalue weighted by atomic mass is 35.5. The van der Waals surface area contributed by atoms with E-state index in [9.17, 15) is 4.79 Å². The summed E-state index contributed by atoms with van der Waals surface area (Å²) in [5, 5.41) is 7.92. The molecular weight excluding hydrogens is 459 g/mol. The Morgan fingerprint density at radius 2 is 2.00 bits per heavy atom. The van der Waals surface area contributed by atoms with Gasteiger partial charge in [0, 0.05) is 55.5 Å². The Kier molecular flexibility index (Phi) is 6.63. The summed E-state index contributed by atoms with van der Waals surface area (Å²) in [4.78, 5) is 26.5. The fourth-order valence-corrected chi connectivity index (χ4v) is 5.76. The summed E-state index contributed by atoms with van der Waals surface area (Å²) in [6.45, 7) is 6.00. The molecule has 0 bridgehead atoms. The van der Waals surface area contributed by atoms with E-state index in [1.165, 1.54) is 0 Å². The van der Waals surface area contributed by atoms with Gasteiger partial charge in [0.25, 0.3) is 0 Å². The Hall–Kier alpha value is -2.09. The number of hydrogen-bond donors (Lipinski definition) is 2. The van der Waals surface area contributed by atoms with E-state index in [4.69, 9.17) is 28.2 Å². The first kappa shape index (κ1) is 22.7. The van der Waals surface area contributed by atoms with E-state index in [1.54, 1.807) is 12.3 Å². The van der Waals surface area contributed by atoms with Gasteiger partial charge in [0.2, 0.25) is 11.9 Å². The summed E-state index contributed by atoms with van der Waals surface area (Å²) < 4.78 is 0. The van der Waals surface area contributed by atoms with Gasteiger partial charge in [-0.05, 0) is 61.4 Å². The molecule has 176 valence electrons. The van der Waals surface area contributed by atoms with Crippen LogP contribution in [0.1, 0.15) is 31.2 Å². The molecule has 3 aliphatic heterocycles. The predicted molar refractivity (Wildman–Crippen MR) is 132 cm³/mol. The van der Waals surface area contributed by atoms with Crippen LogP contribution in [0.25, 0.3) is 0 Å². The van der Waals surface area contributed by atoms with Gasteiger partial charge in [0.05, 0.1) is 5.92 Å². The lowest BCUT2D eigenvalue weighted by Gasteiger charge is -2.39. The van der Waals surface area contributed by atoms with E-state index in [0.29, 0.717) is 22.5 Å². The van der Waals surface area contributed by atoms with Crippen molar-refractivity contribution in [3.63, 3.8) is 0 Å². The van der Waals surface area contributed by atoms with Crippen molar-refractivity contribution in [1.29, 1.82) is 0 Å². The summed E-state index contributed by atoms with van der Waals surface area (Å²) in [7, 11) is 0. The Labute approximate surface area is 204 Å². The van der Waals surface area contributed by atoms with Crippen molar-refractivity contribution in [2.24, 2.45) is 11.3 Å². The molecule has 33 heavy (non-hydrogen) atoms. The number of piperidine rings is 1. The standard InChI is InChI=1S/C24H30Cl2N6O/c25-19-2-1-17(20(26)13-19)15-29-21-4-9-28-23(30-21)31-10-5-24(6-11-31)7-12-32(16-24)22(33)18-3-8-27-14-18/h1-2,4,9,13,18,27H,3,5-8,10-12,14-16H2,(H,28,29,30). The molecule has 3 saturated heterocycles. The molecule has 9 heteroatoms. The Bertz CT molecular complexity index is 1000. The average Bonchev–Trinajstić information content (AvgIpc) is 3.50. The Morgan fingerprint density at radius 3 is 2.76 bits per heavy atom. The van der Waals surface area contributed by atoms with Crippen LogP contribution in [0.2, 0.25) is 10.0 Å². The minimum Gasteiger partial charge on any atom is -0.366 e. The van der Waals surface area contributed by atoms with Crippen LogP contribution < -0.4 is 15.5 Å². The summed E-state index contributed by atoms with van der Waals surface area (Å²) in [5.41, 5.74) is 1.22. The molecule has 0 radical (unpaired) electrons. The average molecular weight is 489 g/mol. The van der Waals surface area contributed by atoms with Crippen molar-refractivity contribution in [2.75, 3.05) is 49.5 Å². The van der Waals surface area contributed by atoms with E-state index >= 15 is 0 Å². The third kappa shape index (κ3) is 5.05. The van der Waals surface area contributed by atoms with Crippen LogP contribution in [0.3, 0.4) is 0 Å². The summed E-state index contributed by atoms with van der Waals surface area (Å²) >= 11 is 12.3. The molecule has 5 rings (SSSR count). The second-order valence-corrected chi connectivity index (χ2v) is 10.4. The molecule has 1 atom stereocenters. The molecule has 1 amide bonds. The minimum atomic E-state index is 0.173. The van der Waals surface area contributed by atoms with Crippen LogP contribution in [0, 0.1) is 11.3 Å². The number of carbonyl (C=O) groups is 1. The van der Waals surface area contributed by atoms with Crippen LogP contribution in [0.5, 0.6) is 0 Å². The number of halogens is 2. The van der Waals surface area contributed by atoms with E-state index < -0.39 is 0 Å². The molecule has 7 nitrogen and oxygen atoms in total. The summed E-state index contributed by atoms with van der Waals surface area (Å²) in [6, 6.07) is 7.37. The maximum Gasteiger partial charge on any atom is 0.227 e. The highest BCUT2D eigenvalue weighted by molar-refractivity contribution is 6.35. The SMILES string of the molecule is O=C(C1CCNC1)N1CCC2(CCN(c3nccc(NCc4ccc(Cl)cc4Cl)n3)CC2)C1. The maximum atomic E-state index is 12.8. The van der Waals surface area contributed by atoms with Crippen molar-refractivity contribution in [1.82, 2.24) is 20.2 Å². The monoisotopic (exact) mass is 488 g/mol. The van der Waals surface area contributed by atoms with E-state index in [-0.39, 0.29) is 11.3 Å². The van der Waals surface area contributed by atoms with Crippen LogP contribution in [-0.4, -0.2) is 60.0 Å². The first-order valence-corrected chi connectivity index (χ1v) is 12.5. The van der Waals surface area contributed by atoms with Gasteiger partial charge in [-0.2, -0.15) is 4.98 Å². The first-order chi connectivity index (χ1) is 16.0. The van der Waals surface area contributed by atoms with Crippen LogP contribution >= 0.6 is 23.2 Å². The lowest BCUT2D eigenvalue weighted by molar-refractivity contribution is -0.134. The molecule has 4 heterocycles. The van der Waals surface area contributed by atoms with Gasteiger partial charge < -0.3 is 20.4 Å². The van der Waals surface area contributed by atoms with Crippen LogP contribution in [-0.2, 0) is 11.3 Å². The highest BCUT2D eigenvalue weighted by Gasteiger charge is 2.43. The highest BCUT2D eigenvalue weighted by Crippen LogP contribution is 2.41. The maximum absolute atomic E-state index is 12.8. The molecule has 2 N–H and O–H groups in total. The molecule has 0 aliphatic carbocycles. The first-order valence-electron chi connectivity index (χ1n) is 11.8. The number of benzene rings is 1. The second kappa shape index (κ2) is 9.65. The summed E-state index contributed by atoms with van der Waals surface area (Å²) in [5.74, 6) is 2.04. The number of nitrogens with one attached hydrogen (secondary N) is 2. The van der Waals surface area contributed by atoms with Crippen molar-refractivity contribution in [3.8, 4) is 0 Å². The van der Waals surface area contributed by atoms with Gasteiger partial charge in [0.15, 0.2) is 0 Å². The van der Waals surface area contributed by atoms with Crippen molar-refractivity contribution >= 4 is 40.9 Å². The molecule has 1 unspecified atom stereocenters. The van der Waals surface area contributed by atoms with Gasteiger partial charge in [0.1, 0.15) is 5.82 Å². The number of carbonyl (C=O) groups excluding carboxylic acids is 1. The summed E-state index contributed by atoms with van der Waals surface area (Å²) in [6.07, 6.45) is 6.02. The third-order valence-electron chi connectivity index (χ3n) is 7.38. The van der Waals surface area contributed by atoms with E-state index in [2.05, 4.69) is 25.4 Å². The van der Waals surface area contributed by atoms with Gasteiger partial charge in [-0.3, -0.25) is 4.79 Å². The van der Waals surface area contributed by atoms with Crippen molar-refractivity contribution in [2.45, 2.75) is 32.2 Å². The predicted octanol–water partition coefficient (Wildman–Crippen LogP) is 3.82. The second-order valence-electron chi connectivity index (χ2n) is 9.52. The largest absolute Gasteiger partial charge is 0.366 e. The minimum absolute atomic E-state index is 0.173. The van der Waals surface area contributed by atoms with Crippen molar-refractivity contribution < 1.29 is 4.79 Å². The Balaban J connectivity index is 1.16. The zero-order chi connectivity index (χ0) is 22.8. The number of rotatable bonds is 5. The third-order valence-corrected chi connectivity index (χ3v) is 7.97. The number of hydrogen-bond acceptors (Lipinski definition) is 6. The van der Waals surface area contributed by atoms with Gasteiger partial charge in [-0.15, -0.1) is 0 Å². The quantitative estimate of drug-likeness (QED) is 0.666. The molecular formula is C24H30Cl2N6O. The number of amides is 1. The number of anilines is 2. The zero-order valence-electron chi connectivity index (χ0n) is 18.7. The fraction of sp³-hybridized carbons (Fsp3) is 0.542. The normalized spacial score (nSPS) is 22.2. The van der Waals surface area contributed by atoms with Crippen LogP contribution in [0.15, 0.2) is 30.5 Å². The smallest absolute Gasteiger partial charge is 0.227 e. The van der Waals surface area contributed by atoms with Crippen molar-refractivity contribution in [3.05, 3.63) is 46.1 Å². The zero-order valence-corrected chi connectivity index (χ0v) is 20.2. The number of nitrogens with zero attached hydrogens (tertiary/aromatic N) is 4. The lowest BCUT2D eigenvalue weighted by Crippen LogP contribution is -2.43. The van der Waals surface area contributed by atoms with E-state index in [1.807, 2.05) is 18.2 Å². The van der Waals surface area contributed by atoms with Gasteiger partial charge >= 0.3 is 0 Å². The molecule has 0 saturated carbocycles. The number of aromatic nitrogens is 2. The van der Waals surface area contributed by atoms with Gasteiger partial charge in [-0.1, -0.05) is 29.3 Å². The topological polar surface area (TPSA) is 73.4 Å². The molecule has 1 aromatic heterocycles. The van der Waals surface area contributed by atoms with Gasteiger partial charge in [-0.25, -0.2) is 4.98 Å². The lowest BCUT2D eigenvalue weighted by atomic mass is 9.78. The molecule has 3 aliphatic rings. The van der Waals surface area contributed by atoms with E-state index in [0.717, 1.165) is 82.3 Å².